The predicted octanol–water partition coefficient (Wildman–Crippen LogP) is 3.12. The molecule has 0 spiro atoms. The Morgan fingerprint density at radius 3 is 2.20 bits per heavy atom. The van der Waals surface area contributed by atoms with Crippen molar-refractivity contribution in [2.24, 2.45) is 5.92 Å². The molecule has 0 fully saturated rings. The molecule has 0 aliphatic heterocycles. The number of esters is 1. The Labute approximate surface area is 91.3 Å². The number of rotatable bonds is 3. The fourth-order valence-corrected chi connectivity index (χ4v) is 1.42. The summed E-state index contributed by atoms with van der Waals surface area (Å²) in [6.45, 7) is 8.48. The molecule has 0 saturated carbocycles. The fraction of sp³-hybridized carbons (Fsp3) is 0.462. The summed E-state index contributed by atoms with van der Waals surface area (Å²) in [5.41, 5.74) is 2.83. The van der Waals surface area contributed by atoms with Crippen molar-refractivity contribution >= 4 is 5.97 Å². The molecule has 15 heavy (non-hydrogen) atoms. The summed E-state index contributed by atoms with van der Waals surface area (Å²) in [5, 5.41) is 0. The van der Waals surface area contributed by atoms with Crippen LogP contribution in [0.5, 0.6) is 0 Å². The molecule has 0 aliphatic carbocycles. The van der Waals surface area contributed by atoms with Gasteiger partial charge in [-0.2, -0.15) is 0 Å². The lowest BCUT2D eigenvalue weighted by molar-refractivity contribution is 0.0459. The van der Waals surface area contributed by atoms with Gasteiger partial charge in [-0.25, -0.2) is 4.79 Å². The zero-order valence-electron chi connectivity index (χ0n) is 9.83. The van der Waals surface area contributed by atoms with Crippen LogP contribution in [0, 0.1) is 19.8 Å². The first-order valence-corrected chi connectivity index (χ1v) is 5.24. The second-order valence-electron chi connectivity index (χ2n) is 4.37. The van der Waals surface area contributed by atoms with Crippen molar-refractivity contribution in [1.29, 1.82) is 0 Å². The first-order valence-electron chi connectivity index (χ1n) is 5.24. The molecule has 2 heteroatoms. The molecule has 0 atom stereocenters. The standard InChI is InChI=1S/C13H18O2/c1-9(2)8-15-13(14)12-6-10(3)5-11(4)7-12/h5-7,9H,8H2,1-4H3. The van der Waals surface area contributed by atoms with Gasteiger partial charge in [0.1, 0.15) is 0 Å². The van der Waals surface area contributed by atoms with Crippen molar-refractivity contribution in [1.82, 2.24) is 0 Å². The minimum Gasteiger partial charge on any atom is -0.462 e. The van der Waals surface area contributed by atoms with Crippen molar-refractivity contribution in [3.8, 4) is 0 Å². The molecule has 2 nitrogen and oxygen atoms in total. The molecule has 0 amide bonds. The quantitative estimate of drug-likeness (QED) is 0.710. The van der Waals surface area contributed by atoms with E-state index in [1.165, 1.54) is 0 Å². The lowest BCUT2D eigenvalue weighted by Gasteiger charge is -2.08. The van der Waals surface area contributed by atoms with Crippen LogP contribution in [0.4, 0.5) is 0 Å². The number of hydrogen-bond donors (Lipinski definition) is 0. The highest BCUT2D eigenvalue weighted by Crippen LogP contribution is 2.10. The molecule has 0 radical (unpaired) electrons. The molecule has 1 aromatic rings. The monoisotopic (exact) mass is 206 g/mol. The molecule has 0 unspecified atom stereocenters. The molecule has 0 bridgehead atoms. The maximum Gasteiger partial charge on any atom is 0.338 e. The average molecular weight is 206 g/mol. The molecule has 0 aromatic heterocycles. The SMILES string of the molecule is Cc1cc(C)cc(C(=O)OCC(C)C)c1. The normalized spacial score (nSPS) is 10.5. The number of aryl methyl sites for hydroxylation is 2. The maximum atomic E-state index is 11.6. The van der Waals surface area contributed by atoms with Crippen LogP contribution in [0.3, 0.4) is 0 Å². The van der Waals surface area contributed by atoms with Crippen LogP contribution in [-0.4, -0.2) is 12.6 Å². The summed E-state index contributed by atoms with van der Waals surface area (Å²) in [4.78, 5) is 11.6. The molecule has 1 rings (SSSR count). The van der Waals surface area contributed by atoms with Crippen LogP contribution in [0.1, 0.15) is 35.3 Å². The summed E-state index contributed by atoms with van der Waals surface area (Å²) in [5.74, 6) is 0.148. The number of benzene rings is 1. The number of carbonyl (C=O) groups is 1. The van der Waals surface area contributed by atoms with Crippen LogP contribution in [0.15, 0.2) is 18.2 Å². The first kappa shape index (κ1) is 11.8. The lowest BCUT2D eigenvalue weighted by Crippen LogP contribution is -2.10. The van der Waals surface area contributed by atoms with Gasteiger partial charge >= 0.3 is 5.97 Å². The minimum absolute atomic E-state index is 0.226. The van der Waals surface area contributed by atoms with Gasteiger partial charge in [0, 0.05) is 0 Å². The van der Waals surface area contributed by atoms with E-state index in [0.29, 0.717) is 18.1 Å². The smallest absolute Gasteiger partial charge is 0.338 e. The predicted molar refractivity (Wildman–Crippen MR) is 61.0 cm³/mol. The van der Waals surface area contributed by atoms with Gasteiger partial charge in [0.25, 0.3) is 0 Å². The highest BCUT2D eigenvalue weighted by Gasteiger charge is 2.08. The summed E-state index contributed by atoms with van der Waals surface area (Å²) in [6.07, 6.45) is 0. The third kappa shape index (κ3) is 3.74. The van der Waals surface area contributed by atoms with Gasteiger partial charge in [-0.15, -0.1) is 0 Å². The molecular formula is C13H18O2. The molecule has 0 saturated heterocycles. The lowest BCUT2D eigenvalue weighted by atomic mass is 10.1. The molecular weight excluding hydrogens is 188 g/mol. The second kappa shape index (κ2) is 4.96. The van der Waals surface area contributed by atoms with Gasteiger partial charge in [0.2, 0.25) is 0 Å². The zero-order valence-corrected chi connectivity index (χ0v) is 9.83. The van der Waals surface area contributed by atoms with Gasteiger partial charge in [-0.3, -0.25) is 0 Å². The van der Waals surface area contributed by atoms with Crippen molar-refractivity contribution < 1.29 is 9.53 Å². The summed E-state index contributed by atoms with van der Waals surface area (Å²) < 4.78 is 5.16. The van der Waals surface area contributed by atoms with Gasteiger partial charge < -0.3 is 4.74 Å². The van der Waals surface area contributed by atoms with E-state index in [-0.39, 0.29) is 5.97 Å². The number of hydrogen-bond acceptors (Lipinski definition) is 2. The van der Waals surface area contributed by atoms with Crippen LogP contribution < -0.4 is 0 Å². The van der Waals surface area contributed by atoms with Crippen LogP contribution >= 0.6 is 0 Å². The first-order chi connectivity index (χ1) is 6.99. The van der Waals surface area contributed by atoms with Gasteiger partial charge in [-0.05, 0) is 31.9 Å². The maximum absolute atomic E-state index is 11.6. The Balaban J connectivity index is 2.73. The van der Waals surface area contributed by atoms with Crippen molar-refractivity contribution in [3.05, 3.63) is 34.9 Å². The van der Waals surface area contributed by atoms with Crippen LogP contribution in [-0.2, 0) is 4.74 Å². The Hall–Kier alpha value is -1.31. The molecule has 82 valence electrons. The fourth-order valence-electron chi connectivity index (χ4n) is 1.42. The van der Waals surface area contributed by atoms with E-state index >= 15 is 0 Å². The minimum atomic E-state index is -0.226. The van der Waals surface area contributed by atoms with Crippen molar-refractivity contribution in [2.45, 2.75) is 27.7 Å². The number of ether oxygens (including phenoxy) is 1. The molecule has 0 N–H and O–H groups in total. The summed E-state index contributed by atoms with van der Waals surface area (Å²) in [7, 11) is 0. The van der Waals surface area contributed by atoms with E-state index in [0.717, 1.165) is 11.1 Å². The molecule has 0 aliphatic rings. The van der Waals surface area contributed by atoms with Crippen LogP contribution in [0.2, 0.25) is 0 Å². The highest BCUT2D eigenvalue weighted by atomic mass is 16.5. The second-order valence-corrected chi connectivity index (χ2v) is 4.37. The van der Waals surface area contributed by atoms with E-state index in [4.69, 9.17) is 4.74 Å². The third-order valence-corrected chi connectivity index (χ3v) is 2.01. The van der Waals surface area contributed by atoms with Crippen molar-refractivity contribution in [3.63, 3.8) is 0 Å². The zero-order chi connectivity index (χ0) is 11.4. The van der Waals surface area contributed by atoms with Gasteiger partial charge in [0.05, 0.1) is 12.2 Å². The highest BCUT2D eigenvalue weighted by molar-refractivity contribution is 5.89. The summed E-state index contributed by atoms with van der Waals surface area (Å²) in [6, 6.07) is 5.75. The molecule has 0 heterocycles. The average Bonchev–Trinajstić information content (AvgIpc) is 2.12. The van der Waals surface area contributed by atoms with Gasteiger partial charge in [-0.1, -0.05) is 31.0 Å². The van der Waals surface area contributed by atoms with E-state index < -0.39 is 0 Å². The van der Waals surface area contributed by atoms with E-state index in [1.807, 2.05) is 45.9 Å². The summed E-state index contributed by atoms with van der Waals surface area (Å²) >= 11 is 0. The topological polar surface area (TPSA) is 26.3 Å². The Kier molecular flexibility index (Phi) is 3.89. The van der Waals surface area contributed by atoms with Crippen molar-refractivity contribution in [2.75, 3.05) is 6.61 Å². The van der Waals surface area contributed by atoms with E-state index in [1.54, 1.807) is 0 Å². The Morgan fingerprint density at radius 1 is 1.20 bits per heavy atom. The Bertz CT molecular complexity index is 333. The van der Waals surface area contributed by atoms with Gasteiger partial charge in [0.15, 0.2) is 0 Å². The Morgan fingerprint density at radius 2 is 1.73 bits per heavy atom. The molecule has 1 aromatic carbocycles. The van der Waals surface area contributed by atoms with E-state index in [9.17, 15) is 4.79 Å². The third-order valence-electron chi connectivity index (χ3n) is 2.01. The van der Waals surface area contributed by atoms with Crippen LogP contribution in [0.25, 0.3) is 0 Å². The number of carbonyl (C=O) groups excluding carboxylic acids is 1. The largest absolute Gasteiger partial charge is 0.462 e. The van der Waals surface area contributed by atoms with E-state index in [2.05, 4.69) is 0 Å².